The molecule has 0 heterocycles. The van der Waals surface area contributed by atoms with Gasteiger partial charge in [0.15, 0.2) is 0 Å². The number of rotatable bonds is 9. The highest BCUT2D eigenvalue weighted by Gasteiger charge is 2.21. The first kappa shape index (κ1) is 16.6. The highest BCUT2D eigenvalue weighted by molar-refractivity contribution is 5.83. The van der Waals surface area contributed by atoms with Gasteiger partial charge in [-0.3, -0.25) is 4.79 Å². The summed E-state index contributed by atoms with van der Waals surface area (Å²) < 4.78 is 0. The predicted octanol–water partition coefficient (Wildman–Crippen LogP) is 1.29. The van der Waals surface area contributed by atoms with Crippen molar-refractivity contribution in [1.82, 2.24) is 5.32 Å². The Balaban J connectivity index is 4.17. The van der Waals surface area contributed by atoms with Crippen LogP contribution in [0, 0.1) is 5.41 Å². The first-order valence-corrected chi connectivity index (χ1v) is 6.15. The summed E-state index contributed by atoms with van der Waals surface area (Å²) in [5.41, 5.74) is 5.49. The van der Waals surface area contributed by atoms with Crippen molar-refractivity contribution >= 4 is 11.9 Å². The topological polar surface area (TPSA) is 92.4 Å². The largest absolute Gasteiger partial charge is 0.480 e. The SMILES string of the molecule is C=CCC(NC(=O)CCC(C)(C)CCN)C(=O)O. The van der Waals surface area contributed by atoms with Crippen molar-refractivity contribution in [2.24, 2.45) is 11.1 Å². The van der Waals surface area contributed by atoms with E-state index in [0.717, 1.165) is 6.42 Å². The van der Waals surface area contributed by atoms with Gasteiger partial charge in [-0.15, -0.1) is 6.58 Å². The standard InChI is InChI=1S/C13H24N2O3/c1-4-5-10(12(17)18)15-11(16)6-7-13(2,3)8-9-14/h4,10H,1,5-9,14H2,2-3H3,(H,15,16)(H,17,18). The average Bonchev–Trinajstić information content (AvgIpc) is 2.26. The Hall–Kier alpha value is -1.36. The monoisotopic (exact) mass is 256 g/mol. The molecule has 0 aromatic rings. The molecule has 1 unspecified atom stereocenters. The predicted molar refractivity (Wildman–Crippen MR) is 71.1 cm³/mol. The van der Waals surface area contributed by atoms with Crippen molar-refractivity contribution in [1.29, 1.82) is 0 Å². The van der Waals surface area contributed by atoms with Crippen LogP contribution in [0.5, 0.6) is 0 Å². The lowest BCUT2D eigenvalue weighted by Gasteiger charge is -2.23. The summed E-state index contributed by atoms with van der Waals surface area (Å²) in [5.74, 6) is -1.28. The van der Waals surface area contributed by atoms with E-state index >= 15 is 0 Å². The Morgan fingerprint density at radius 3 is 2.50 bits per heavy atom. The fourth-order valence-electron chi connectivity index (χ4n) is 1.62. The number of amides is 1. The van der Waals surface area contributed by atoms with Gasteiger partial charge in [0.1, 0.15) is 6.04 Å². The third-order valence-corrected chi connectivity index (χ3v) is 2.89. The smallest absolute Gasteiger partial charge is 0.326 e. The highest BCUT2D eigenvalue weighted by atomic mass is 16.4. The maximum Gasteiger partial charge on any atom is 0.326 e. The molecule has 0 radical (unpaired) electrons. The van der Waals surface area contributed by atoms with E-state index in [4.69, 9.17) is 10.8 Å². The molecule has 0 aromatic heterocycles. The minimum atomic E-state index is -1.04. The van der Waals surface area contributed by atoms with E-state index in [1.807, 2.05) is 13.8 Å². The molecule has 1 amide bonds. The average molecular weight is 256 g/mol. The Morgan fingerprint density at radius 1 is 1.44 bits per heavy atom. The minimum absolute atomic E-state index is 0.00322. The van der Waals surface area contributed by atoms with Gasteiger partial charge in [-0.1, -0.05) is 19.9 Å². The minimum Gasteiger partial charge on any atom is -0.480 e. The lowest BCUT2D eigenvalue weighted by atomic mass is 9.84. The van der Waals surface area contributed by atoms with Crippen LogP contribution in [-0.4, -0.2) is 29.6 Å². The van der Waals surface area contributed by atoms with Crippen LogP contribution in [-0.2, 0) is 9.59 Å². The van der Waals surface area contributed by atoms with Crippen LogP contribution in [0.15, 0.2) is 12.7 Å². The van der Waals surface area contributed by atoms with E-state index < -0.39 is 12.0 Å². The van der Waals surface area contributed by atoms with Crippen LogP contribution >= 0.6 is 0 Å². The molecule has 5 heteroatoms. The fourth-order valence-corrected chi connectivity index (χ4v) is 1.62. The van der Waals surface area contributed by atoms with E-state index in [2.05, 4.69) is 11.9 Å². The summed E-state index contributed by atoms with van der Waals surface area (Å²) in [6.45, 7) is 8.15. The van der Waals surface area contributed by atoms with Crippen molar-refractivity contribution in [3.8, 4) is 0 Å². The van der Waals surface area contributed by atoms with Gasteiger partial charge < -0.3 is 16.2 Å². The second-order valence-electron chi connectivity index (χ2n) is 5.19. The zero-order chi connectivity index (χ0) is 14.2. The van der Waals surface area contributed by atoms with Gasteiger partial charge in [-0.2, -0.15) is 0 Å². The van der Waals surface area contributed by atoms with E-state index in [1.165, 1.54) is 6.08 Å². The molecule has 5 nitrogen and oxygen atoms in total. The molecular weight excluding hydrogens is 232 g/mol. The summed E-state index contributed by atoms with van der Waals surface area (Å²) in [5, 5.41) is 11.4. The summed E-state index contributed by atoms with van der Waals surface area (Å²) >= 11 is 0. The lowest BCUT2D eigenvalue weighted by Crippen LogP contribution is -2.40. The van der Waals surface area contributed by atoms with Crippen LogP contribution in [0.4, 0.5) is 0 Å². The number of carbonyl (C=O) groups excluding carboxylic acids is 1. The first-order chi connectivity index (χ1) is 8.32. The van der Waals surface area contributed by atoms with Crippen LogP contribution in [0.25, 0.3) is 0 Å². The van der Waals surface area contributed by atoms with Crippen molar-refractivity contribution in [2.75, 3.05) is 6.54 Å². The Bertz CT molecular complexity index is 301. The van der Waals surface area contributed by atoms with Crippen molar-refractivity contribution in [2.45, 2.75) is 45.6 Å². The Morgan fingerprint density at radius 2 is 2.06 bits per heavy atom. The second-order valence-corrected chi connectivity index (χ2v) is 5.19. The fraction of sp³-hybridized carbons (Fsp3) is 0.692. The maximum atomic E-state index is 11.6. The van der Waals surface area contributed by atoms with Gasteiger partial charge in [0.05, 0.1) is 0 Å². The van der Waals surface area contributed by atoms with Crippen molar-refractivity contribution in [3.63, 3.8) is 0 Å². The Labute approximate surface area is 108 Å². The second kappa shape index (κ2) is 7.87. The molecule has 1 atom stereocenters. The number of carboxylic acids is 1. The van der Waals surface area contributed by atoms with Gasteiger partial charge in [0, 0.05) is 6.42 Å². The summed E-state index contributed by atoms with van der Waals surface area (Å²) in [6.07, 6.45) is 3.56. The zero-order valence-electron chi connectivity index (χ0n) is 11.2. The molecule has 0 aliphatic carbocycles. The van der Waals surface area contributed by atoms with E-state index in [9.17, 15) is 9.59 Å². The highest BCUT2D eigenvalue weighted by Crippen LogP contribution is 2.25. The van der Waals surface area contributed by atoms with Gasteiger partial charge in [0.25, 0.3) is 0 Å². The molecule has 0 saturated heterocycles. The first-order valence-electron chi connectivity index (χ1n) is 6.15. The van der Waals surface area contributed by atoms with Crippen LogP contribution in [0.2, 0.25) is 0 Å². The van der Waals surface area contributed by atoms with Crippen molar-refractivity contribution in [3.05, 3.63) is 12.7 Å². The summed E-state index contributed by atoms with van der Waals surface area (Å²) in [6, 6.07) is -0.882. The van der Waals surface area contributed by atoms with E-state index in [1.54, 1.807) is 0 Å². The molecule has 0 aromatic carbocycles. The van der Waals surface area contributed by atoms with Crippen molar-refractivity contribution < 1.29 is 14.7 Å². The quantitative estimate of drug-likeness (QED) is 0.542. The molecule has 0 spiro atoms. The number of nitrogens with two attached hydrogens (primary N) is 1. The number of carbonyl (C=O) groups is 2. The molecule has 18 heavy (non-hydrogen) atoms. The molecule has 104 valence electrons. The summed E-state index contributed by atoms with van der Waals surface area (Å²) in [7, 11) is 0. The lowest BCUT2D eigenvalue weighted by molar-refractivity contribution is -0.141. The van der Waals surface area contributed by atoms with E-state index in [-0.39, 0.29) is 17.7 Å². The third kappa shape index (κ3) is 7.06. The van der Waals surface area contributed by atoms with Crippen LogP contribution in [0.1, 0.15) is 39.5 Å². The van der Waals surface area contributed by atoms with E-state index in [0.29, 0.717) is 19.4 Å². The number of hydrogen-bond acceptors (Lipinski definition) is 3. The molecular formula is C13H24N2O3. The molecule has 0 bridgehead atoms. The maximum absolute atomic E-state index is 11.6. The normalized spacial score (nSPS) is 12.8. The molecule has 0 rings (SSSR count). The van der Waals surface area contributed by atoms with Crippen LogP contribution in [0.3, 0.4) is 0 Å². The zero-order valence-corrected chi connectivity index (χ0v) is 11.2. The van der Waals surface area contributed by atoms with Gasteiger partial charge >= 0.3 is 5.97 Å². The molecule has 0 fully saturated rings. The van der Waals surface area contributed by atoms with Gasteiger partial charge in [-0.25, -0.2) is 4.79 Å². The molecule has 0 aliphatic heterocycles. The number of nitrogens with one attached hydrogen (secondary N) is 1. The molecule has 4 N–H and O–H groups in total. The van der Waals surface area contributed by atoms with Gasteiger partial charge in [-0.05, 0) is 31.2 Å². The Kier molecular flexibility index (Phi) is 7.27. The molecule has 0 saturated carbocycles. The third-order valence-electron chi connectivity index (χ3n) is 2.89. The number of carboxylic acid groups (broad SMARTS) is 1. The summed E-state index contributed by atoms with van der Waals surface area (Å²) in [4.78, 5) is 22.5. The van der Waals surface area contributed by atoms with Crippen LogP contribution < -0.4 is 11.1 Å². The molecule has 0 aliphatic rings. The number of hydrogen-bond donors (Lipinski definition) is 3. The number of aliphatic carboxylic acids is 1. The van der Waals surface area contributed by atoms with Gasteiger partial charge in [0.2, 0.25) is 5.91 Å².